The minimum atomic E-state index is -0.258. The number of allylic oxidation sites excluding steroid dienone is 1. The molecule has 0 fully saturated rings. The van der Waals surface area contributed by atoms with Crippen LogP contribution >= 0.6 is 11.8 Å². The number of unbranched alkanes of at least 4 members (excludes halogenated alkanes) is 6. The molecule has 0 aliphatic heterocycles. The van der Waals surface area contributed by atoms with E-state index in [-0.39, 0.29) is 12.1 Å². The maximum atomic E-state index is 10.9. The number of hydrogen-bond acceptors (Lipinski definition) is 4. The average Bonchev–Trinajstić information content (AvgIpc) is 2.52. The van der Waals surface area contributed by atoms with Gasteiger partial charge in [0.1, 0.15) is 0 Å². The van der Waals surface area contributed by atoms with Crippen LogP contribution in [0.3, 0.4) is 0 Å². The molecule has 0 aliphatic rings. The molecule has 3 nitrogen and oxygen atoms in total. The molecule has 0 rings (SSSR count). The topological polar surface area (TPSA) is 46.5 Å². The molecular formula is C18H34O3S. The summed E-state index contributed by atoms with van der Waals surface area (Å²) in [5.74, 6) is 1.50. The molecule has 0 saturated heterocycles. The first-order chi connectivity index (χ1) is 10.7. The standard InChI is InChI=1S/C18H34O3S/c1-3-4-5-6-7-8-9-10-11-12-17(19)13-15-22-16-14-18(20)21-2/h10-11,17,19H,3-9,12-16H2,1-2H3/b11-10-. The van der Waals surface area contributed by atoms with E-state index in [0.29, 0.717) is 6.42 Å². The van der Waals surface area contributed by atoms with Crippen LogP contribution in [-0.4, -0.2) is 35.8 Å². The highest BCUT2D eigenvalue weighted by Crippen LogP contribution is 2.10. The lowest BCUT2D eigenvalue weighted by molar-refractivity contribution is -0.140. The van der Waals surface area contributed by atoms with Crippen molar-refractivity contribution in [3.05, 3.63) is 12.2 Å². The maximum Gasteiger partial charge on any atom is 0.306 e. The van der Waals surface area contributed by atoms with Gasteiger partial charge < -0.3 is 9.84 Å². The van der Waals surface area contributed by atoms with Crippen molar-refractivity contribution in [2.75, 3.05) is 18.6 Å². The number of methoxy groups -OCH3 is 1. The average molecular weight is 331 g/mol. The van der Waals surface area contributed by atoms with Gasteiger partial charge in [-0.1, -0.05) is 51.2 Å². The summed E-state index contributed by atoms with van der Waals surface area (Å²) >= 11 is 1.70. The number of carbonyl (C=O) groups excluding carboxylic acids is 1. The fourth-order valence-electron chi connectivity index (χ4n) is 2.11. The van der Waals surface area contributed by atoms with Gasteiger partial charge in [-0.25, -0.2) is 0 Å². The molecule has 0 radical (unpaired) electrons. The Balaban J connectivity index is 3.32. The molecule has 22 heavy (non-hydrogen) atoms. The molecule has 0 aromatic carbocycles. The van der Waals surface area contributed by atoms with Crippen LogP contribution in [0.25, 0.3) is 0 Å². The van der Waals surface area contributed by atoms with Gasteiger partial charge in [0.05, 0.1) is 19.6 Å². The van der Waals surface area contributed by atoms with Crippen molar-refractivity contribution in [1.82, 2.24) is 0 Å². The molecule has 1 unspecified atom stereocenters. The number of aliphatic hydroxyl groups is 1. The van der Waals surface area contributed by atoms with E-state index in [1.807, 2.05) is 0 Å². The monoisotopic (exact) mass is 330 g/mol. The molecule has 1 N–H and O–H groups in total. The Bertz CT molecular complexity index is 280. The van der Waals surface area contributed by atoms with Crippen LogP contribution in [-0.2, 0) is 9.53 Å². The van der Waals surface area contributed by atoms with Crippen molar-refractivity contribution in [2.45, 2.75) is 77.2 Å². The van der Waals surface area contributed by atoms with Crippen molar-refractivity contribution >= 4 is 17.7 Å². The Hall–Kier alpha value is -0.480. The molecular weight excluding hydrogens is 296 g/mol. The number of esters is 1. The zero-order valence-corrected chi connectivity index (χ0v) is 15.2. The van der Waals surface area contributed by atoms with Crippen LogP contribution < -0.4 is 0 Å². The van der Waals surface area contributed by atoms with E-state index in [1.54, 1.807) is 11.8 Å². The summed E-state index contributed by atoms with van der Waals surface area (Å²) in [7, 11) is 1.41. The molecule has 0 aliphatic carbocycles. The van der Waals surface area contributed by atoms with Gasteiger partial charge in [0.15, 0.2) is 0 Å². The van der Waals surface area contributed by atoms with Gasteiger partial charge in [-0.3, -0.25) is 4.79 Å². The third-order valence-corrected chi connectivity index (χ3v) is 4.59. The summed E-state index contributed by atoms with van der Waals surface area (Å²) in [6.45, 7) is 2.24. The summed E-state index contributed by atoms with van der Waals surface area (Å²) < 4.78 is 4.58. The first kappa shape index (κ1) is 21.5. The predicted octanol–water partition coefficient (Wildman–Crippen LogP) is 4.73. The van der Waals surface area contributed by atoms with Gasteiger partial charge >= 0.3 is 5.97 Å². The highest BCUT2D eigenvalue weighted by Gasteiger charge is 2.03. The Morgan fingerprint density at radius 1 is 1.14 bits per heavy atom. The highest BCUT2D eigenvalue weighted by molar-refractivity contribution is 7.99. The van der Waals surface area contributed by atoms with E-state index in [0.717, 1.165) is 30.8 Å². The van der Waals surface area contributed by atoms with Crippen LogP contribution in [0.4, 0.5) is 0 Å². The fraction of sp³-hybridized carbons (Fsp3) is 0.833. The normalized spacial score (nSPS) is 12.7. The molecule has 0 bridgehead atoms. The first-order valence-electron chi connectivity index (χ1n) is 8.68. The van der Waals surface area contributed by atoms with Gasteiger partial charge in [-0.15, -0.1) is 0 Å². The minimum absolute atomic E-state index is 0.161. The summed E-state index contributed by atoms with van der Waals surface area (Å²) in [5, 5.41) is 9.85. The van der Waals surface area contributed by atoms with E-state index in [4.69, 9.17) is 0 Å². The van der Waals surface area contributed by atoms with Crippen molar-refractivity contribution in [3.63, 3.8) is 0 Å². The number of rotatable bonds is 15. The van der Waals surface area contributed by atoms with Crippen LogP contribution in [0, 0.1) is 0 Å². The Kier molecular flexibility index (Phi) is 16.5. The second-order valence-corrected chi connectivity index (χ2v) is 6.87. The molecule has 0 spiro atoms. The van der Waals surface area contributed by atoms with E-state index in [2.05, 4.69) is 23.8 Å². The quantitative estimate of drug-likeness (QED) is 0.268. The highest BCUT2D eigenvalue weighted by atomic mass is 32.2. The molecule has 130 valence electrons. The Morgan fingerprint density at radius 2 is 1.86 bits per heavy atom. The van der Waals surface area contributed by atoms with Crippen molar-refractivity contribution in [2.24, 2.45) is 0 Å². The molecule has 0 aromatic rings. The van der Waals surface area contributed by atoms with Gasteiger partial charge in [0, 0.05) is 5.75 Å². The van der Waals surface area contributed by atoms with E-state index in [1.165, 1.54) is 45.6 Å². The van der Waals surface area contributed by atoms with Gasteiger partial charge in [0.25, 0.3) is 0 Å². The van der Waals surface area contributed by atoms with Crippen LogP contribution in [0.15, 0.2) is 12.2 Å². The smallest absolute Gasteiger partial charge is 0.306 e. The number of thioether (sulfide) groups is 1. The third kappa shape index (κ3) is 15.9. The van der Waals surface area contributed by atoms with Crippen LogP contribution in [0.1, 0.15) is 71.1 Å². The van der Waals surface area contributed by atoms with Crippen molar-refractivity contribution in [1.29, 1.82) is 0 Å². The SMILES string of the molecule is CCCCCCCC/C=C\CC(O)CCSCCC(=O)OC. The van der Waals surface area contributed by atoms with E-state index >= 15 is 0 Å². The lowest BCUT2D eigenvalue weighted by Crippen LogP contribution is -2.07. The van der Waals surface area contributed by atoms with E-state index < -0.39 is 0 Å². The predicted molar refractivity (Wildman–Crippen MR) is 96.3 cm³/mol. The molecule has 1 atom stereocenters. The summed E-state index contributed by atoms with van der Waals surface area (Å²) in [5.41, 5.74) is 0. The van der Waals surface area contributed by atoms with Gasteiger partial charge in [0.2, 0.25) is 0 Å². The number of hydrogen-bond donors (Lipinski definition) is 1. The van der Waals surface area contributed by atoms with E-state index in [9.17, 15) is 9.90 Å². The molecule has 0 aromatic heterocycles. The lowest BCUT2D eigenvalue weighted by atomic mass is 10.1. The summed E-state index contributed by atoms with van der Waals surface area (Å²) in [6.07, 6.45) is 15.1. The molecule has 0 amide bonds. The maximum absolute atomic E-state index is 10.9. The minimum Gasteiger partial charge on any atom is -0.469 e. The number of carbonyl (C=O) groups is 1. The second-order valence-electron chi connectivity index (χ2n) is 5.64. The molecule has 0 heterocycles. The zero-order chi connectivity index (χ0) is 16.5. The first-order valence-corrected chi connectivity index (χ1v) is 9.83. The molecule has 0 saturated carbocycles. The Morgan fingerprint density at radius 3 is 2.59 bits per heavy atom. The number of aliphatic hydroxyl groups excluding tert-OH is 1. The molecule has 4 heteroatoms. The van der Waals surface area contributed by atoms with Crippen molar-refractivity contribution < 1.29 is 14.6 Å². The lowest BCUT2D eigenvalue weighted by Gasteiger charge is -2.07. The largest absolute Gasteiger partial charge is 0.469 e. The summed E-state index contributed by atoms with van der Waals surface area (Å²) in [4.78, 5) is 10.9. The van der Waals surface area contributed by atoms with Gasteiger partial charge in [-0.05, 0) is 31.4 Å². The zero-order valence-electron chi connectivity index (χ0n) is 14.4. The van der Waals surface area contributed by atoms with Crippen LogP contribution in [0.2, 0.25) is 0 Å². The van der Waals surface area contributed by atoms with Gasteiger partial charge in [-0.2, -0.15) is 11.8 Å². The fourth-order valence-corrected chi connectivity index (χ4v) is 3.06. The van der Waals surface area contributed by atoms with Crippen molar-refractivity contribution in [3.8, 4) is 0 Å². The summed E-state index contributed by atoms with van der Waals surface area (Å²) in [6, 6.07) is 0. The number of ether oxygens (including phenoxy) is 1. The van der Waals surface area contributed by atoms with Crippen LogP contribution in [0.5, 0.6) is 0 Å². The second kappa shape index (κ2) is 16.9. The Labute approximate surface area is 140 Å². The third-order valence-electron chi connectivity index (χ3n) is 3.57.